The van der Waals surface area contributed by atoms with Crippen molar-refractivity contribution in [1.29, 1.82) is 0 Å². The van der Waals surface area contributed by atoms with Crippen LogP contribution >= 0.6 is 11.6 Å². The number of rotatable bonds is 3. The van der Waals surface area contributed by atoms with Crippen molar-refractivity contribution in [2.45, 2.75) is 6.54 Å². The molecule has 1 aliphatic heterocycles. The molecule has 1 saturated heterocycles. The first-order chi connectivity index (χ1) is 8.69. The van der Waals surface area contributed by atoms with Crippen LogP contribution in [-0.4, -0.2) is 46.9 Å². The Balaban J connectivity index is 1.85. The van der Waals surface area contributed by atoms with Gasteiger partial charge in [-0.15, -0.1) is 0 Å². The minimum absolute atomic E-state index is 0.0132. The van der Waals surface area contributed by atoms with E-state index in [-0.39, 0.29) is 5.91 Å². The summed E-state index contributed by atoms with van der Waals surface area (Å²) in [5.41, 5.74) is 1.00. The zero-order chi connectivity index (χ0) is 13.0. The van der Waals surface area contributed by atoms with Gasteiger partial charge in [-0.1, -0.05) is 18.2 Å². The molecule has 0 spiro atoms. The van der Waals surface area contributed by atoms with Gasteiger partial charge in [-0.3, -0.25) is 14.7 Å². The average molecular weight is 266 g/mol. The number of hydrogen-bond acceptors (Lipinski definition) is 3. The van der Waals surface area contributed by atoms with E-state index in [4.69, 9.17) is 11.6 Å². The van der Waals surface area contributed by atoms with E-state index in [0.29, 0.717) is 5.02 Å². The zero-order valence-electron chi connectivity index (χ0n) is 10.2. The molecule has 0 bridgehead atoms. The van der Waals surface area contributed by atoms with E-state index in [9.17, 15) is 4.79 Å². The Morgan fingerprint density at radius 1 is 1.39 bits per heavy atom. The summed E-state index contributed by atoms with van der Waals surface area (Å²) >= 11 is 5.79. The first-order valence-corrected chi connectivity index (χ1v) is 6.31. The standard InChI is InChI=1S/C13H16ClN3O/c1-2-13(18)17-7-5-16(6-8-17)10-12-4-3-11(14)9-15-12/h2-4,9H,1,5-8,10H2. The summed E-state index contributed by atoms with van der Waals surface area (Å²) < 4.78 is 0. The van der Waals surface area contributed by atoms with E-state index in [1.807, 2.05) is 17.0 Å². The second-order valence-corrected chi connectivity index (χ2v) is 4.71. The van der Waals surface area contributed by atoms with Crippen LogP contribution in [0.4, 0.5) is 0 Å². The molecule has 2 rings (SSSR count). The Labute approximate surface area is 112 Å². The minimum Gasteiger partial charge on any atom is -0.337 e. The van der Waals surface area contributed by atoms with Crippen LogP contribution in [0.5, 0.6) is 0 Å². The number of hydrogen-bond donors (Lipinski definition) is 0. The predicted octanol–water partition coefficient (Wildman–Crippen LogP) is 1.57. The highest BCUT2D eigenvalue weighted by Crippen LogP contribution is 2.10. The molecule has 18 heavy (non-hydrogen) atoms. The number of piperazine rings is 1. The van der Waals surface area contributed by atoms with Gasteiger partial charge in [0.15, 0.2) is 0 Å². The summed E-state index contributed by atoms with van der Waals surface area (Å²) in [7, 11) is 0. The zero-order valence-corrected chi connectivity index (χ0v) is 10.9. The molecule has 1 aromatic rings. The van der Waals surface area contributed by atoms with E-state index in [2.05, 4.69) is 16.5 Å². The van der Waals surface area contributed by atoms with Gasteiger partial charge in [0.2, 0.25) is 5.91 Å². The van der Waals surface area contributed by atoms with Crippen molar-refractivity contribution in [3.05, 3.63) is 41.7 Å². The Bertz CT molecular complexity index is 424. The highest BCUT2D eigenvalue weighted by atomic mass is 35.5. The molecule has 1 aromatic heterocycles. The average Bonchev–Trinajstić information content (AvgIpc) is 2.41. The van der Waals surface area contributed by atoms with Gasteiger partial charge in [-0.2, -0.15) is 0 Å². The molecule has 0 saturated carbocycles. The first kappa shape index (κ1) is 13.1. The summed E-state index contributed by atoms with van der Waals surface area (Å²) in [4.78, 5) is 19.8. The Morgan fingerprint density at radius 3 is 2.67 bits per heavy atom. The van der Waals surface area contributed by atoms with Crippen LogP contribution in [0.1, 0.15) is 5.69 Å². The molecular formula is C13H16ClN3O. The summed E-state index contributed by atoms with van der Waals surface area (Å²) in [6.07, 6.45) is 3.03. The lowest BCUT2D eigenvalue weighted by atomic mass is 10.2. The van der Waals surface area contributed by atoms with Gasteiger partial charge >= 0.3 is 0 Å². The molecule has 1 aliphatic rings. The SMILES string of the molecule is C=CC(=O)N1CCN(Cc2ccc(Cl)cn2)CC1. The number of aromatic nitrogens is 1. The molecule has 0 atom stereocenters. The van der Waals surface area contributed by atoms with Crippen LogP contribution in [0.15, 0.2) is 31.0 Å². The highest BCUT2D eigenvalue weighted by molar-refractivity contribution is 6.30. The van der Waals surface area contributed by atoms with Gasteiger partial charge in [-0.25, -0.2) is 0 Å². The number of carbonyl (C=O) groups is 1. The van der Waals surface area contributed by atoms with Crippen molar-refractivity contribution in [1.82, 2.24) is 14.8 Å². The van der Waals surface area contributed by atoms with E-state index in [0.717, 1.165) is 38.4 Å². The van der Waals surface area contributed by atoms with Gasteiger partial charge in [-0.05, 0) is 18.2 Å². The Morgan fingerprint density at radius 2 is 2.11 bits per heavy atom. The molecule has 0 radical (unpaired) electrons. The Hall–Kier alpha value is -1.39. The second-order valence-electron chi connectivity index (χ2n) is 4.27. The monoisotopic (exact) mass is 265 g/mol. The van der Waals surface area contributed by atoms with E-state index in [1.165, 1.54) is 6.08 Å². The third-order valence-electron chi connectivity index (χ3n) is 3.03. The maximum absolute atomic E-state index is 11.4. The van der Waals surface area contributed by atoms with Gasteiger partial charge < -0.3 is 4.90 Å². The Kier molecular flexibility index (Phi) is 4.33. The fourth-order valence-electron chi connectivity index (χ4n) is 1.98. The summed E-state index contributed by atoms with van der Waals surface area (Å²) in [6.45, 7) is 7.53. The summed E-state index contributed by atoms with van der Waals surface area (Å²) in [5.74, 6) is 0.0132. The van der Waals surface area contributed by atoms with Crippen molar-refractivity contribution in [2.75, 3.05) is 26.2 Å². The molecule has 5 heteroatoms. The van der Waals surface area contributed by atoms with Crippen molar-refractivity contribution >= 4 is 17.5 Å². The van der Waals surface area contributed by atoms with Crippen LogP contribution in [0.25, 0.3) is 0 Å². The normalized spacial score (nSPS) is 16.6. The lowest BCUT2D eigenvalue weighted by Gasteiger charge is -2.33. The van der Waals surface area contributed by atoms with Crippen LogP contribution in [-0.2, 0) is 11.3 Å². The fraction of sp³-hybridized carbons (Fsp3) is 0.385. The number of pyridine rings is 1. The molecule has 96 valence electrons. The van der Waals surface area contributed by atoms with Crippen molar-refractivity contribution < 1.29 is 4.79 Å². The van der Waals surface area contributed by atoms with Gasteiger partial charge in [0.25, 0.3) is 0 Å². The minimum atomic E-state index is 0.0132. The van der Waals surface area contributed by atoms with E-state index < -0.39 is 0 Å². The molecule has 2 heterocycles. The van der Waals surface area contributed by atoms with Gasteiger partial charge in [0.05, 0.1) is 10.7 Å². The molecule has 0 aromatic carbocycles. The van der Waals surface area contributed by atoms with E-state index in [1.54, 1.807) is 6.20 Å². The molecule has 0 aliphatic carbocycles. The smallest absolute Gasteiger partial charge is 0.246 e. The second kappa shape index (κ2) is 5.98. The largest absolute Gasteiger partial charge is 0.337 e. The van der Waals surface area contributed by atoms with Gasteiger partial charge in [0.1, 0.15) is 0 Å². The van der Waals surface area contributed by atoms with Crippen LogP contribution < -0.4 is 0 Å². The predicted molar refractivity (Wildman–Crippen MR) is 71.3 cm³/mol. The molecule has 0 N–H and O–H groups in total. The van der Waals surface area contributed by atoms with Crippen molar-refractivity contribution in [2.24, 2.45) is 0 Å². The first-order valence-electron chi connectivity index (χ1n) is 5.93. The van der Waals surface area contributed by atoms with Gasteiger partial charge in [0, 0.05) is 38.9 Å². The van der Waals surface area contributed by atoms with Crippen LogP contribution in [0.3, 0.4) is 0 Å². The maximum atomic E-state index is 11.4. The third-order valence-corrected chi connectivity index (χ3v) is 3.26. The number of halogens is 1. The molecule has 1 fully saturated rings. The lowest BCUT2D eigenvalue weighted by molar-refractivity contribution is -0.127. The topological polar surface area (TPSA) is 36.4 Å². The highest BCUT2D eigenvalue weighted by Gasteiger charge is 2.19. The number of carbonyl (C=O) groups excluding carboxylic acids is 1. The third kappa shape index (κ3) is 3.31. The summed E-state index contributed by atoms with van der Waals surface area (Å²) in [6, 6.07) is 3.78. The number of amides is 1. The molecule has 0 unspecified atom stereocenters. The van der Waals surface area contributed by atoms with Crippen LogP contribution in [0, 0.1) is 0 Å². The molecular weight excluding hydrogens is 250 g/mol. The van der Waals surface area contributed by atoms with Crippen LogP contribution in [0.2, 0.25) is 5.02 Å². The van der Waals surface area contributed by atoms with E-state index >= 15 is 0 Å². The molecule has 1 amide bonds. The van der Waals surface area contributed by atoms with Crippen molar-refractivity contribution in [3.8, 4) is 0 Å². The maximum Gasteiger partial charge on any atom is 0.246 e. The lowest BCUT2D eigenvalue weighted by Crippen LogP contribution is -2.47. The fourth-order valence-corrected chi connectivity index (χ4v) is 2.10. The molecule has 4 nitrogen and oxygen atoms in total. The quantitative estimate of drug-likeness (QED) is 0.779. The van der Waals surface area contributed by atoms with Crippen molar-refractivity contribution in [3.63, 3.8) is 0 Å². The number of nitrogens with zero attached hydrogens (tertiary/aromatic N) is 3. The summed E-state index contributed by atoms with van der Waals surface area (Å²) in [5, 5.41) is 0.653.